The highest BCUT2D eigenvalue weighted by Crippen LogP contribution is 2.29. The van der Waals surface area contributed by atoms with Gasteiger partial charge in [0.25, 0.3) is 0 Å². The van der Waals surface area contributed by atoms with Crippen LogP contribution >= 0.6 is 0 Å². The van der Waals surface area contributed by atoms with E-state index in [2.05, 4.69) is 9.97 Å². The van der Waals surface area contributed by atoms with Gasteiger partial charge in [0.15, 0.2) is 5.69 Å². The van der Waals surface area contributed by atoms with Gasteiger partial charge < -0.3 is 10.0 Å². The first-order chi connectivity index (χ1) is 10.1. The van der Waals surface area contributed by atoms with E-state index in [1.54, 1.807) is 12.1 Å². The summed E-state index contributed by atoms with van der Waals surface area (Å²) in [5.41, 5.74) is 0.909. The number of hydrogen-bond donors (Lipinski definition) is 1. The largest absolute Gasteiger partial charge is 0.476 e. The van der Waals surface area contributed by atoms with E-state index in [1.807, 2.05) is 11.0 Å². The van der Waals surface area contributed by atoms with Crippen molar-refractivity contribution in [2.45, 2.75) is 12.3 Å². The highest BCUT2D eigenvalue weighted by Gasteiger charge is 2.25. The predicted molar refractivity (Wildman–Crippen MR) is 75.0 cm³/mol. The lowest BCUT2D eigenvalue weighted by Gasteiger charge is -2.17. The number of halogens is 1. The molecule has 1 atom stereocenters. The second-order valence-corrected chi connectivity index (χ2v) is 5.05. The van der Waals surface area contributed by atoms with Crippen LogP contribution < -0.4 is 4.90 Å². The van der Waals surface area contributed by atoms with Crippen LogP contribution in [-0.4, -0.2) is 34.1 Å². The number of carbonyl (C=O) groups is 1. The summed E-state index contributed by atoms with van der Waals surface area (Å²) >= 11 is 0. The number of aromatic nitrogens is 2. The van der Waals surface area contributed by atoms with E-state index < -0.39 is 5.97 Å². The Kier molecular flexibility index (Phi) is 3.51. The molecule has 5 nitrogen and oxygen atoms in total. The molecule has 1 saturated heterocycles. The molecule has 108 valence electrons. The van der Waals surface area contributed by atoms with E-state index in [0.717, 1.165) is 25.1 Å². The topological polar surface area (TPSA) is 66.3 Å². The quantitative estimate of drug-likeness (QED) is 0.938. The first kappa shape index (κ1) is 13.5. The van der Waals surface area contributed by atoms with Crippen LogP contribution in [0.3, 0.4) is 0 Å². The van der Waals surface area contributed by atoms with Gasteiger partial charge in [-0.25, -0.2) is 19.2 Å². The van der Waals surface area contributed by atoms with Gasteiger partial charge >= 0.3 is 5.97 Å². The summed E-state index contributed by atoms with van der Waals surface area (Å²) in [4.78, 5) is 20.8. The molecule has 3 rings (SSSR count). The lowest BCUT2D eigenvalue weighted by atomic mass is 9.98. The van der Waals surface area contributed by atoms with Crippen molar-refractivity contribution in [1.29, 1.82) is 0 Å². The fourth-order valence-electron chi connectivity index (χ4n) is 2.60. The molecule has 0 amide bonds. The van der Waals surface area contributed by atoms with Gasteiger partial charge in [-0.05, 0) is 24.1 Å². The number of benzene rings is 1. The fraction of sp³-hybridized carbons (Fsp3) is 0.267. The molecular formula is C15H14FN3O2. The molecule has 1 aromatic carbocycles. The van der Waals surface area contributed by atoms with Crippen molar-refractivity contribution in [2.24, 2.45) is 0 Å². The van der Waals surface area contributed by atoms with Crippen LogP contribution in [0.4, 0.5) is 10.2 Å². The fourth-order valence-corrected chi connectivity index (χ4v) is 2.60. The Hall–Kier alpha value is -2.50. The Balaban J connectivity index is 1.73. The number of rotatable bonds is 3. The maximum absolute atomic E-state index is 13.3. The van der Waals surface area contributed by atoms with Gasteiger partial charge in [0.1, 0.15) is 11.6 Å². The molecular weight excluding hydrogens is 273 g/mol. The van der Waals surface area contributed by atoms with Gasteiger partial charge in [0, 0.05) is 19.0 Å². The zero-order chi connectivity index (χ0) is 14.8. The van der Waals surface area contributed by atoms with Crippen LogP contribution in [0.25, 0.3) is 0 Å². The summed E-state index contributed by atoms with van der Waals surface area (Å²) in [7, 11) is 0. The van der Waals surface area contributed by atoms with Gasteiger partial charge in [0.2, 0.25) is 0 Å². The van der Waals surface area contributed by atoms with Crippen molar-refractivity contribution >= 4 is 11.8 Å². The zero-order valence-electron chi connectivity index (χ0n) is 11.2. The second-order valence-electron chi connectivity index (χ2n) is 5.05. The van der Waals surface area contributed by atoms with Crippen molar-refractivity contribution < 1.29 is 14.3 Å². The first-order valence-electron chi connectivity index (χ1n) is 6.69. The Morgan fingerprint density at radius 3 is 2.86 bits per heavy atom. The van der Waals surface area contributed by atoms with E-state index in [-0.39, 0.29) is 17.4 Å². The minimum absolute atomic E-state index is 0.0698. The van der Waals surface area contributed by atoms with Crippen molar-refractivity contribution in [3.05, 3.63) is 53.7 Å². The maximum atomic E-state index is 13.3. The molecule has 2 aromatic rings. The smallest absolute Gasteiger partial charge is 0.356 e. The van der Waals surface area contributed by atoms with E-state index in [4.69, 9.17) is 5.11 Å². The van der Waals surface area contributed by atoms with Crippen molar-refractivity contribution in [3.63, 3.8) is 0 Å². The summed E-state index contributed by atoms with van der Waals surface area (Å²) in [6, 6.07) is 6.64. The van der Waals surface area contributed by atoms with Crippen LogP contribution in [0.2, 0.25) is 0 Å². The van der Waals surface area contributed by atoms with Gasteiger partial charge in [0.05, 0.1) is 12.4 Å². The molecule has 1 fully saturated rings. The summed E-state index contributed by atoms with van der Waals surface area (Å²) < 4.78 is 13.3. The lowest BCUT2D eigenvalue weighted by Crippen LogP contribution is -2.21. The number of aromatic carboxylic acids is 1. The standard InChI is InChI=1S/C15H14FN3O2/c16-12-3-1-2-10(6-12)11-4-5-19(9-11)14-8-17-13(7-18-14)15(20)21/h1-3,6-8,11H,4-5,9H2,(H,20,21). The van der Waals surface area contributed by atoms with Gasteiger partial charge in [-0.2, -0.15) is 0 Å². The molecule has 0 bridgehead atoms. The minimum Gasteiger partial charge on any atom is -0.476 e. The monoisotopic (exact) mass is 287 g/mol. The van der Waals surface area contributed by atoms with Gasteiger partial charge in [-0.1, -0.05) is 12.1 Å². The summed E-state index contributed by atoms with van der Waals surface area (Å²) in [6.45, 7) is 1.52. The van der Waals surface area contributed by atoms with Crippen LogP contribution in [0.1, 0.15) is 28.4 Å². The molecule has 1 aromatic heterocycles. The normalized spacial score (nSPS) is 18.0. The van der Waals surface area contributed by atoms with Crippen molar-refractivity contribution in [1.82, 2.24) is 9.97 Å². The average molecular weight is 287 g/mol. The Morgan fingerprint density at radius 2 is 2.19 bits per heavy atom. The predicted octanol–water partition coefficient (Wildman–Crippen LogP) is 2.31. The molecule has 0 aliphatic carbocycles. The molecule has 0 saturated carbocycles. The first-order valence-corrected chi connectivity index (χ1v) is 6.69. The van der Waals surface area contributed by atoms with E-state index in [0.29, 0.717) is 5.82 Å². The van der Waals surface area contributed by atoms with E-state index in [1.165, 1.54) is 18.5 Å². The Morgan fingerprint density at radius 1 is 1.33 bits per heavy atom. The van der Waals surface area contributed by atoms with Crippen LogP contribution in [0.15, 0.2) is 36.7 Å². The third-order valence-electron chi connectivity index (χ3n) is 3.69. The molecule has 0 spiro atoms. The number of carboxylic acids is 1. The van der Waals surface area contributed by atoms with Crippen molar-refractivity contribution in [2.75, 3.05) is 18.0 Å². The molecule has 2 heterocycles. The number of anilines is 1. The number of nitrogens with zero attached hydrogens (tertiary/aromatic N) is 3. The zero-order valence-corrected chi connectivity index (χ0v) is 11.2. The minimum atomic E-state index is -1.09. The number of carboxylic acid groups (broad SMARTS) is 1. The summed E-state index contributed by atoms with van der Waals surface area (Å²) in [5, 5.41) is 8.81. The molecule has 1 unspecified atom stereocenters. The molecule has 1 aliphatic rings. The van der Waals surface area contributed by atoms with Gasteiger partial charge in [-0.15, -0.1) is 0 Å². The van der Waals surface area contributed by atoms with E-state index >= 15 is 0 Å². The van der Waals surface area contributed by atoms with Gasteiger partial charge in [-0.3, -0.25) is 0 Å². The van der Waals surface area contributed by atoms with Crippen LogP contribution in [0.5, 0.6) is 0 Å². The van der Waals surface area contributed by atoms with E-state index in [9.17, 15) is 9.18 Å². The number of hydrogen-bond acceptors (Lipinski definition) is 4. The molecule has 6 heteroatoms. The lowest BCUT2D eigenvalue weighted by molar-refractivity contribution is 0.0690. The summed E-state index contributed by atoms with van der Waals surface area (Å²) in [5.74, 6) is -0.412. The third kappa shape index (κ3) is 2.84. The van der Waals surface area contributed by atoms with Crippen molar-refractivity contribution in [3.8, 4) is 0 Å². The Bertz CT molecular complexity index is 660. The molecule has 21 heavy (non-hydrogen) atoms. The molecule has 1 aliphatic heterocycles. The second kappa shape index (κ2) is 5.47. The molecule has 0 radical (unpaired) electrons. The highest BCUT2D eigenvalue weighted by molar-refractivity contribution is 5.84. The SMILES string of the molecule is O=C(O)c1cnc(N2CCC(c3cccc(F)c3)C2)cn1. The average Bonchev–Trinajstić information content (AvgIpc) is 2.97. The maximum Gasteiger partial charge on any atom is 0.356 e. The van der Waals surface area contributed by atoms with Crippen LogP contribution in [-0.2, 0) is 0 Å². The Labute approximate surface area is 121 Å². The molecule has 1 N–H and O–H groups in total. The van der Waals surface area contributed by atoms with Crippen LogP contribution in [0, 0.1) is 5.82 Å². The summed E-state index contributed by atoms with van der Waals surface area (Å²) in [6.07, 6.45) is 3.64. The third-order valence-corrected chi connectivity index (χ3v) is 3.69. The highest BCUT2D eigenvalue weighted by atomic mass is 19.1.